The number of aromatic nitrogens is 1. The maximum Gasteiger partial charge on any atom is 0.221 e. The molecule has 146 valence electrons. The van der Waals surface area contributed by atoms with Gasteiger partial charge in [-0.3, -0.25) is 4.79 Å². The number of benzene rings is 2. The van der Waals surface area contributed by atoms with Crippen LogP contribution in [0.1, 0.15) is 68.1 Å². The number of carbonyl (C=O) groups excluding carboxylic acids is 1. The zero-order chi connectivity index (χ0) is 19.3. The first kappa shape index (κ1) is 18.8. The van der Waals surface area contributed by atoms with E-state index in [2.05, 4.69) is 65.9 Å². The van der Waals surface area contributed by atoms with Gasteiger partial charge in [-0.1, -0.05) is 74.7 Å². The number of nitrogens with one attached hydrogen (secondary N) is 2. The molecule has 0 radical (unpaired) electrons. The van der Waals surface area contributed by atoms with E-state index in [1.807, 2.05) is 6.07 Å². The number of fused-ring (bicyclic) bond motifs is 1. The van der Waals surface area contributed by atoms with Gasteiger partial charge in [0.2, 0.25) is 5.91 Å². The lowest BCUT2D eigenvalue weighted by Crippen LogP contribution is -2.36. The summed E-state index contributed by atoms with van der Waals surface area (Å²) in [6, 6.07) is 17.3. The summed E-state index contributed by atoms with van der Waals surface area (Å²) >= 11 is 0. The van der Waals surface area contributed by atoms with Crippen LogP contribution in [-0.2, 0) is 11.2 Å². The van der Waals surface area contributed by atoms with Crippen molar-refractivity contribution >= 4 is 16.8 Å². The van der Waals surface area contributed by atoms with E-state index in [9.17, 15) is 4.79 Å². The molecule has 1 aliphatic carbocycles. The monoisotopic (exact) mass is 374 g/mol. The number of aromatic amines is 1. The lowest BCUT2D eigenvalue weighted by molar-refractivity contribution is -0.122. The van der Waals surface area contributed by atoms with Crippen LogP contribution >= 0.6 is 0 Å². The zero-order valence-electron chi connectivity index (χ0n) is 16.7. The van der Waals surface area contributed by atoms with E-state index in [0.29, 0.717) is 12.5 Å². The topological polar surface area (TPSA) is 44.9 Å². The van der Waals surface area contributed by atoms with E-state index >= 15 is 0 Å². The molecule has 1 aromatic heterocycles. The minimum atomic E-state index is 0.0608. The fraction of sp³-hybridized carbons (Fsp3) is 0.400. The third-order valence-corrected chi connectivity index (χ3v) is 6.15. The molecular weight excluding hydrogens is 344 g/mol. The van der Waals surface area contributed by atoms with Crippen molar-refractivity contribution in [2.24, 2.45) is 0 Å². The van der Waals surface area contributed by atoms with Crippen LogP contribution in [0.25, 0.3) is 10.9 Å². The smallest absolute Gasteiger partial charge is 0.221 e. The standard InChI is InChI=1S/C25H30N2O/c1-2-18-12-9-15-21-23(17-26-25(18)21)22(19-10-5-3-6-11-19)16-24(28)27-20-13-7-4-8-14-20/h3,5-6,9-12,15,17,20,22,26H,2,4,7-8,13-14,16H2,1H3,(H,27,28). The van der Waals surface area contributed by atoms with Crippen molar-refractivity contribution in [3.05, 3.63) is 71.4 Å². The van der Waals surface area contributed by atoms with Crippen LogP contribution in [0.3, 0.4) is 0 Å². The number of hydrogen-bond donors (Lipinski definition) is 2. The summed E-state index contributed by atoms with van der Waals surface area (Å²) in [6.45, 7) is 2.18. The van der Waals surface area contributed by atoms with Gasteiger partial charge in [0.05, 0.1) is 0 Å². The quantitative estimate of drug-likeness (QED) is 0.571. The highest BCUT2D eigenvalue weighted by Gasteiger charge is 2.23. The molecule has 1 fully saturated rings. The number of amides is 1. The van der Waals surface area contributed by atoms with E-state index in [4.69, 9.17) is 0 Å². The Labute approximate surface area is 167 Å². The molecule has 3 nitrogen and oxygen atoms in total. The summed E-state index contributed by atoms with van der Waals surface area (Å²) < 4.78 is 0. The Hall–Kier alpha value is -2.55. The van der Waals surface area contributed by atoms with Crippen LogP contribution < -0.4 is 5.32 Å². The van der Waals surface area contributed by atoms with Crippen LogP contribution in [0.4, 0.5) is 0 Å². The molecule has 2 N–H and O–H groups in total. The fourth-order valence-electron chi connectivity index (χ4n) is 4.63. The van der Waals surface area contributed by atoms with Gasteiger partial charge in [-0.25, -0.2) is 0 Å². The van der Waals surface area contributed by atoms with Gasteiger partial charge in [0.15, 0.2) is 0 Å². The molecule has 1 saturated carbocycles. The molecule has 4 rings (SSSR count). The lowest BCUT2D eigenvalue weighted by Gasteiger charge is -2.24. The summed E-state index contributed by atoms with van der Waals surface area (Å²) in [7, 11) is 0. The molecule has 1 heterocycles. The van der Waals surface area contributed by atoms with Gasteiger partial charge in [-0.2, -0.15) is 0 Å². The van der Waals surface area contributed by atoms with Crippen molar-refractivity contribution in [2.75, 3.05) is 0 Å². The van der Waals surface area contributed by atoms with Gasteiger partial charge >= 0.3 is 0 Å². The first-order valence-corrected chi connectivity index (χ1v) is 10.7. The molecule has 3 aromatic rings. The molecule has 1 amide bonds. The van der Waals surface area contributed by atoms with Crippen molar-refractivity contribution in [2.45, 2.75) is 63.8 Å². The highest BCUT2D eigenvalue weighted by molar-refractivity contribution is 5.88. The Bertz CT molecular complexity index is 922. The first-order chi connectivity index (χ1) is 13.8. The molecule has 1 unspecified atom stereocenters. The molecule has 0 spiro atoms. The molecule has 0 bridgehead atoms. The number of aryl methyl sites for hydroxylation is 1. The maximum atomic E-state index is 12.9. The van der Waals surface area contributed by atoms with E-state index in [-0.39, 0.29) is 11.8 Å². The van der Waals surface area contributed by atoms with E-state index < -0.39 is 0 Å². The number of rotatable bonds is 6. The number of hydrogen-bond acceptors (Lipinski definition) is 1. The molecule has 1 atom stereocenters. The number of carbonyl (C=O) groups is 1. The summed E-state index contributed by atoms with van der Waals surface area (Å²) in [4.78, 5) is 16.4. The normalized spacial score (nSPS) is 16.2. The number of H-pyrrole nitrogens is 1. The van der Waals surface area contributed by atoms with Crippen molar-refractivity contribution in [3.63, 3.8) is 0 Å². The third kappa shape index (κ3) is 3.99. The summed E-state index contributed by atoms with van der Waals surface area (Å²) in [5, 5.41) is 4.54. The second-order valence-corrected chi connectivity index (χ2v) is 8.01. The third-order valence-electron chi connectivity index (χ3n) is 6.15. The molecule has 1 aliphatic rings. The van der Waals surface area contributed by atoms with Crippen molar-refractivity contribution in [3.8, 4) is 0 Å². The zero-order valence-corrected chi connectivity index (χ0v) is 16.7. The number of para-hydroxylation sites is 1. The summed E-state index contributed by atoms with van der Waals surface area (Å²) in [5.74, 6) is 0.229. The van der Waals surface area contributed by atoms with Gasteiger partial charge in [0.1, 0.15) is 0 Å². The lowest BCUT2D eigenvalue weighted by atomic mass is 9.87. The fourth-order valence-corrected chi connectivity index (χ4v) is 4.63. The highest BCUT2D eigenvalue weighted by Crippen LogP contribution is 2.34. The van der Waals surface area contributed by atoms with Gasteiger partial charge < -0.3 is 10.3 Å². The van der Waals surface area contributed by atoms with Crippen molar-refractivity contribution in [1.82, 2.24) is 10.3 Å². The van der Waals surface area contributed by atoms with Crippen LogP contribution in [-0.4, -0.2) is 16.9 Å². The van der Waals surface area contributed by atoms with E-state index in [1.54, 1.807) is 0 Å². The average Bonchev–Trinajstić information content (AvgIpc) is 3.17. The summed E-state index contributed by atoms with van der Waals surface area (Å²) in [5.41, 5.74) is 4.94. The second-order valence-electron chi connectivity index (χ2n) is 8.01. The Morgan fingerprint density at radius 3 is 2.61 bits per heavy atom. The average molecular weight is 375 g/mol. The van der Waals surface area contributed by atoms with E-state index in [0.717, 1.165) is 19.3 Å². The molecule has 0 saturated heterocycles. The van der Waals surface area contributed by atoms with Crippen LogP contribution in [0.15, 0.2) is 54.7 Å². The van der Waals surface area contributed by atoms with Gasteiger partial charge in [-0.15, -0.1) is 0 Å². The minimum Gasteiger partial charge on any atom is -0.361 e. The predicted molar refractivity (Wildman–Crippen MR) is 116 cm³/mol. The molecule has 3 heteroatoms. The first-order valence-electron chi connectivity index (χ1n) is 10.7. The van der Waals surface area contributed by atoms with Gasteiger partial charge in [-0.05, 0) is 36.0 Å². The largest absolute Gasteiger partial charge is 0.361 e. The maximum absolute atomic E-state index is 12.9. The summed E-state index contributed by atoms with van der Waals surface area (Å²) in [6.07, 6.45) is 9.59. The van der Waals surface area contributed by atoms with Crippen LogP contribution in [0.5, 0.6) is 0 Å². The predicted octanol–water partition coefficient (Wildman–Crippen LogP) is 5.70. The molecule has 2 aromatic carbocycles. The van der Waals surface area contributed by atoms with Crippen molar-refractivity contribution < 1.29 is 4.79 Å². The minimum absolute atomic E-state index is 0.0608. The molecule has 0 aliphatic heterocycles. The van der Waals surface area contributed by atoms with Crippen molar-refractivity contribution in [1.29, 1.82) is 0 Å². The van der Waals surface area contributed by atoms with Crippen LogP contribution in [0.2, 0.25) is 0 Å². The van der Waals surface area contributed by atoms with Crippen LogP contribution in [0, 0.1) is 0 Å². The second kappa shape index (κ2) is 8.64. The Morgan fingerprint density at radius 2 is 1.86 bits per heavy atom. The molecule has 28 heavy (non-hydrogen) atoms. The Balaban J connectivity index is 1.64. The van der Waals surface area contributed by atoms with E-state index in [1.165, 1.54) is 46.9 Å². The SMILES string of the molecule is CCc1cccc2c(C(CC(=O)NC3CCCCC3)c3ccccc3)c[nH]c12. The Morgan fingerprint density at radius 1 is 1.07 bits per heavy atom. The van der Waals surface area contributed by atoms with Gasteiger partial charge in [0.25, 0.3) is 0 Å². The van der Waals surface area contributed by atoms with Gasteiger partial charge in [0, 0.05) is 35.5 Å². The highest BCUT2D eigenvalue weighted by atomic mass is 16.1. The Kier molecular flexibility index (Phi) is 5.80. The molecular formula is C25H30N2O.